The summed E-state index contributed by atoms with van der Waals surface area (Å²) in [5.74, 6) is 0.454. The highest BCUT2D eigenvalue weighted by molar-refractivity contribution is 7.80. The van der Waals surface area contributed by atoms with E-state index in [0.717, 1.165) is 34.3 Å². The van der Waals surface area contributed by atoms with Crippen LogP contribution < -0.4 is 10.6 Å². The Hall–Kier alpha value is -2.73. The Kier molecular flexibility index (Phi) is 5.09. The van der Waals surface area contributed by atoms with E-state index in [4.69, 9.17) is 16.6 Å². The van der Waals surface area contributed by atoms with Crippen LogP contribution in [0.1, 0.15) is 25.3 Å². The van der Waals surface area contributed by atoms with Gasteiger partial charge in [0.25, 0.3) is 0 Å². The number of hydrogen-bond donors (Lipinski definition) is 2. The molecule has 0 fully saturated rings. The second-order valence-corrected chi connectivity index (χ2v) is 6.23. The molecule has 6 heteroatoms. The molecular weight excluding hydrogens is 334 g/mol. The SMILES string of the molecule is CCCC(=O)NC(=S)Nc1cccc(-c2nc3cc(C)ccc3o2)c1. The lowest BCUT2D eigenvalue weighted by Crippen LogP contribution is -2.33. The summed E-state index contributed by atoms with van der Waals surface area (Å²) < 4.78 is 5.82. The molecule has 0 aliphatic heterocycles. The maximum absolute atomic E-state index is 11.6. The smallest absolute Gasteiger partial charge is 0.227 e. The highest BCUT2D eigenvalue weighted by Gasteiger charge is 2.10. The topological polar surface area (TPSA) is 67.2 Å². The predicted octanol–water partition coefficient (Wildman–Crippen LogP) is 4.42. The summed E-state index contributed by atoms with van der Waals surface area (Å²) in [6.07, 6.45) is 1.23. The lowest BCUT2D eigenvalue weighted by atomic mass is 10.2. The standard InChI is InChI=1S/C19H19N3O2S/c1-3-5-17(23)22-19(25)20-14-7-4-6-13(11-14)18-21-15-10-12(2)8-9-16(15)24-18/h4,6-11H,3,5H2,1-2H3,(H2,20,22,23,25). The van der Waals surface area contributed by atoms with Gasteiger partial charge in [0.15, 0.2) is 10.7 Å². The molecule has 1 amide bonds. The first-order valence-electron chi connectivity index (χ1n) is 8.13. The third kappa shape index (κ3) is 4.22. The van der Waals surface area contributed by atoms with Crippen molar-refractivity contribution in [3.63, 3.8) is 0 Å². The molecule has 0 aliphatic carbocycles. The van der Waals surface area contributed by atoms with Gasteiger partial charge < -0.3 is 15.1 Å². The van der Waals surface area contributed by atoms with Crippen LogP contribution in [0.4, 0.5) is 5.69 Å². The highest BCUT2D eigenvalue weighted by atomic mass is 32.1. The molecule has 2 N–H and O–H groups in total. The van der Waals surface area contributed by atoms with Crippen molar-refractivity contribution in [2.45, 2.75) is 26.7 Å². The monoisotopic (exact) mass is 353 g/mol. The molecule has 1 aromatic heterocycles. The maximum atomic E-state index is 11.6. The molecule has 5 nitrogen and oxygen atoms in total. The van der Waals surface area contributed by atoms with Gasteiger partial charge in [-0.05, 0) is 61.5 Å². The van der Waals surface area contributed by atoms with Gasteiger partial charge in [-0.15, -0.1) is 0 Å². The van der Waals surface area contributed by atoms with Crippen molar-refractivity contribution >= 4 is 40.0 Å². The summed E-state index contributed by atoms with van der Waals surface area (Å²) in [6.45, 7) is 3.97. The lowest BCUT2D eigenvalue weighted by molar-refractivity contribution is -0.119. The third-order valence-corrected chi connectivity index (χ3v) is 3.84. The Bertz CT molecular complexity index is 933. The van der Waals surface area contributed by atoms with Crippen LogP contribution in [0, 0.1) is 6.92 Å². The molecule has 0 aliphatic rings. The van der Waals surface area contributed by atoms with Gasteiger partial charge in [-0.3, -0.25) is 4.79 Å². The first-order valence-corrected chi connectivity index (χ1v) is 8.54. The normalized spacial score (nSPS) is 10.6. The van der Waals surface area contributed by atoms with Gasteiger partial charge in [0.05, 0.1) is 0 Å². The Labute approximate surface area is 151 Å². The van der Waals surface area contributed by atoms with Crippen molar-refractivity contribution in [3.05, 3.63) is 48.0 Å². The molecule has 0 spiro atoms. The van der Waals surface area contributed by atoms with Crippen LogP contribution in [-0.4, -0.2) is 16.0 Å². The number of carbonyl (C=O) groups excluding carboxylic acids is 1. The molecule has 3 aromatic rings. The van der Waals surface area contributed by atoms with Crippen LogP contribution in [0.2, 0.25) is 0 Å². The first-order chi connectivity index (χ1) is 12.0. The zero-order valence-electron chi connectivity index (χ0n) is 14.1. The Morgan fingerprint density at radius 2 is 2.08 bits per heavy atom. The highest BCUT2D eigenvalue weighted by Crippen LogP contribution is 2.26. The van der Waals surface area contributed by atoms with Crippen molar-refractivity contribution in [3.8, 4) is 11.5 Å². The number of hydrogen-bond acceptors (Lipinski definition) is 4. The number of thiocarbonyl (C=S) groups is 1. The van der Waals surface area contributed by atoms with E-state index >= 15 is 0 Å². The molecule has 2 aromatic carbocycles. The van der Waals surface area contributed by atoms with Gasteiger partial charge in [0.1, 0.15) is 5.52 Å². The number of amides is 1. The van der Waals surface area contributed by atoms with Crippen LogP contribution in [0.3, 0.4) is 0 Å². The fraction of sp³-hybridized carbons (Fsp3) is 0.211. The van der Waals surface area contributed by atoms with E-state index in [1.807, 2.05) is 56.3 Å². The number of aryl methyl sites for hydroxylation is 1. The van der Waals surface area contributed by atoms with Crippen LogP contribution in [0.5, 0.6) is 0 Å². The van der Waals surface area contributed by atoms with Crippen LogP contribution in [0.25, 0.3) is 22.6 Å². The van der Waals surface area contributed by atoms with Crippen LogP contribution in [0.15, 0.2) is 46.9 Å². The van der Waals surface area contributed by atoms with Crippen molar-refractivity contribution < 1.29 is 9.21 Å². The van der Waals surface area contributed by atoms with E-state index in [1.54, 1.807) is 0 Å². The summed E-state index contributed by atoms with van der Waals surface area (Å²) in [5.41, 5.74) is 4.31. The van der Waals surface area contributed by atoms with E-state index in [0.29, 0.717) is 12.3 Å². The molecule has 25 heavy (non-hydrogen) atoms. The molecular formula is C19H19N3O2S. The molecule has 0 radical (unpaired) electrons. The number of carbonyl (C=O) groups is 1. The van der Waals surface area contributed by atoms with E-state index in [1.165, 1.54) is 0 Å². The minimum absolute atomic E-state index is 0.0922. The number of nitrogens with one attached hydrogen (secondary N) is 2. The van der Waals surface area contributed by atoms with Crippen molar-refractivity contribution in [2.24, 2.45) is 0 Å². The number of rotatable bonds is 4. The van der Waals surface area contributed by atoms with Crippen molar-refractivity contribution in [1.82, 2.24) is 10.3 Å². The van der Waals surface area contributed by atoms with E-state index in [9.17, 15) is 4.79 Å². The summed E-state index contributed by atoms with van der Waals surface area (Å²) >= 11 is 5.17. The molecule has 3 rings (SSSR count). The minimum Gasteiger partial charge on any atom is -0.436 e. The summed E-state index contributed by atoms with van der Waals surface area (Å²) in [5, 5.41) is 5.95. The third-order valence-electron chi connectivity index (χ3n) is 3.64. The average Bonchev–Trinajstić information content (AvgIpc) is 2.98. The maximum Gasteiger partial charge on any atom is 0.227 e. The van der Waals surface area contributed by atoms with E-state index < -0.39 is 0 Å². The number of oxazole rings is 1. The Morgan fingerprint density at radius 1 is 1.24 bits per heavy atom. The first kappa shape index (κ1) is 17.1. The number of anilines is 1. The molecule has 1 heterocycles. The van der Waals surface area contributed by atoms with Crippen molar-refractivity contribution in [1.29, 1.82) is 0 Å². The van der Waals surface area contributed by atoms with E-state index in [2.05, 4.69) is 15.6 Å². The van der Waals surface area contributed by atoms with Gasteiger partial charge in [-0.2, -0.15) is 0 Å². The Morgan fingerprint density at radius 3 is 2.88 bits per heavy atom. The zero-order valence-corrected chi connectivity index (χ0v) is 14.9. The van der Waals surface area contributed by atoms with Gasteiger partial charge in [-0.25, -0.2) is 4.98 Å². The number of benzene rings is 2. The van der Waals surface area contributed by atoms with Gasteiger partial charge in [-0.1, -0.05) is 19.1 Å². The fourth-order valence-corrected chi connectivity index (χ4v) is 2.70. The summed E-state index contributed by atoms with van der Waals surface area (Å²) in [6, 6.07) is 13.5. The van der Waals surface area contributed by atoms with Gasteiger partial charge in [0.2, 0.25) is 11.8 Å². The molecule has 0 atom stereocenters. The molecule has 0 saturated heterocycles. The number of aromatic nitrogens is 1. The Balaban J connectivity index is 1.78. The zero-order chi connectivity index (χ0) is 17.8. The van der Waals surface area contributed by atoms with E-state index in [-0.39, 0.29) is 11.0 Å². The lowest BCUT2D eigenvalue weighted by Gasteiger charge is -2.09. The largest absolute Gasteiger partial charge is 0.436 e. The van der Waals surface area contributed by atoms with Gasteiger partial charge in [0, 0.05) is 17.7 Å². The van der Waals surface area contributed by atoms with Gasteiger partial charge >= 0.3 is 0 Å². The van der Waals surface area contributed by atoms with Crippen LogP contribution >= 0.6 is 12.2 Å². The molecule has 0 bridgehead atoms. The second-order valence-electron chi connectivity index (χ2n) is 5.82. The number of nitrogens with zero attached hydrogens (tertiary/aromatic N) is 1. The molecule has 0 unspecified atom stereocenters. The second kappa shape index (κ2) is 7.44. The van der Waals surface area contributed by atoms with Crippen molar-refractivity contribution in [2.75, 3.05) is 5.32 Å². The molecule has 128 valence electrons. The number of fused-ring (bicyclic) bond motifs is 1. The molecule has 0 saturated carbocycles. The summed E-state index contributed by atoms with van der Waals surface area (Å²) in [4.78, 5) is 16.1. The summed E-state index contributed by atoms with van der Waals surface area (Å²) in [7, 11) is 0. The quantitative estimate of drug-likeness (QED) is 0.680. The fourth-order valence-electron chi connectivity index (χ4n) is 2.47. The van der Waals surface area contributed by atoms with Crippen LogP contribution in [-0.2, 0) is 4.79 Å². The average molecular weight is 353 g/mol. The predicted molar refractivity (Wildman–Crippen MR) is 103 cm³/mol. The minimum atomic E-state index is -0.0922.